The Morgan fingerprint density at radius 2 is 1.62 bits per heavy atom. The smallest absolute Gasteiger partial charge is 0.334 e. The first-order valence-electron chi connectivity index (χ1n) is 12.6. The first-order valence-corrected chi connectivity index (χ1v) is 14.1. The van der Waals surface area contributed by atoms with Gasteiger partial charge in [-0.05, 0) is 50.7 Å². The Morgan fingerprint density at radius 1 is 1.02 bits per heavy atom. The van der Waals surface area contributed by atoms with E-state index in [2.05, 4.69) is 4.72 Å². The monoisotopic (exact) mass is 584 g/mol. The molecule has 40 heavy (non-hydrogen) atoms. The first-order chi connectivity index (χ1) is 18.7. The van der Waals surface area contributed by atoms with Gasteiger partial charge in [0.2, 0.25) is 21.8 Å². The molecule has 1 aliphatic heterocycles. The second kappa shape index (κ2) is 13.4. The Balaban J connectivity index is 2.14. The number of unbranched alkanes of at least 4 members (excludes halogenated alkanes) is 1. The molecule has 1 saturated heterocycles. The third kappa shape index (κ3) is 6.98. The van der Waals surface area contributed by atoms with Gasteiger partial charge in [-0.2, -0.15) is 0 Å². The van der Waals surface area contributed by atoms with E-state index >= 15 is 0 Å². The summed E-state index contributed by atoms with van der Waals surface area (Å²) in [6.07, 6.45) is -0.449. The number of nitro groups is 1. The fourth-order valence-electron chi connectivity index (χ4n) is 4.46. The van der Waals surface area contributed by atoms with Crippen molar-refractivity contribution in [2.75, 3.05) is 13.1 Å². The molecule has 2 rings (SSSR count). The van der Waals surface area contributed by atoms with E-state index in [9.17, 15) is 47.6 Å². The van der Waals surface area contributed by atoms with Gasteiger partial charge in [0, 0.05) is 31.6 Å². The molecular weight excluding hydrogens is 552 g/mol. The Bertz CT molecular complexity index is 1260. The van der Waals surface area contributed by atoms with Gasteiger partial charge in [0.1, 0.15) is 11.5 Å². The molecule has 0 spiro atoms. The molecule has 3 N–H and O–H groups in total. The molecule has 0 aromatic heterocycles. The summed E-state index contributed by atoms with van der Waals surface area (Å²) in [7, 11) is -4.00. The molecule has 0 radical (unpaired) electrons. The molecule has 15 nitrogen and oxygen atoms in total. The van der Waals surface area contributed by atoms with Gasteiger partial charge in [0.05, 0.1) is 9.82 Å². The van der Waals surface area contributed by atoms with E-state index in [4.69, 9.17) is 5.11 Å². The molecule has 1 heterocycles. The summed E-state index contributed by atoms with van der Waals surface area (Å²) in [5, 5.41) is 29.6. The number of barbiturate groups is 1. The number of rotatable bonds is 16. The van der Waals surface area contributed by atoms with Crippen molar-refractivity contribution in [2.24, 2.45) is 5.41 Å². The Hall–Kier alpha value is -3.92. The molecule has 16 heteroatoms. The van der Waals surface area contributed by atoms with Crippen LogP contribution in [0.5, 0.6) is 0 Å². The number of non-ortho nitro benzene ring substituents is 1. The summed E-state index contributed by atoms with van der Waals surface area (Å²) in [6.45, 7) is 2.71. The lowest BCUT2D eigenvalue weighted by molar-refractivity contribution is -0.384. The van der Waals surface area contributed by atoms with Gasteiger partial charge in [0.25, 0.3) is 5.69 Å². The Kier molecular flexibility index (Phi) is 10.8. The SMILES string of the molecule is CCC1(CC)C(=O)N(CCCC(=O)O)C(=O)N(C(CCCCNS(=O)(=O)c2ccc([N+](=O)[O-])cc2)C(=O)O)C1=O. The van der Waals surface area contributed by atoms with Gasteiger partial charge in [-0.1, -0.05) is 13.8 Å². The minimum atomic E-state index is -4.00. The summed E-state index contributed by atoms with van der Waals surface area (Å²) in [4.78, 5) is 74.0. The van der Waals surface area contributed by atoms with E-state index in [1.165, 1.54) is 0 Å². The number of carboxylic acid groups (broad SMARTS) is 2. The number of amides is 4. The average Bonchev–Trinajstić information content (AvgIpc) is 2.90. The summed E-state index contributed by atoms with van der Waals surface area (Å²) in [5.41, 5.74) is -1.96. The molecule has 1 aromatic rings. The molecule has 220 valence electrons. The molecule has 1 atom stereocenters. The van der Waals surface area contributed by atoms with Gasteiger partial charge >= 0.3 is 18.0 Å². The van der Waals surface area contributed by atoms with Crippen molar-refractivity contribution in [2.45, 2.75) is 69.7 Å². The second-order valence-electron chi connectivity index (χ2n) is 9.20. The highest BCUT2D eigenvalue weighted by molar-refractivity contribution is 7.89. The topological polar surface area (TPSA) is 222 Å². The van der Waals surface area contributed by atoms with Crippen molar-refractivity contribution < 1.29 is 47.5 Å². The molecule has 1 aromatic carbocycles. The van der Waals surface area contributed by atoms with Crippen LogP contribution in [-0.4, -0.2) is 82.3 Å². The molecule has 1 fully saturated rings. The highest BCUT2D eigenvalue weighted by Crippen LogP contribution is 2.37. The number of imide groups is 2. The predicted octanol–water partition coefficient (Wildman–Crippen LogP) is 1.96. The fraction of sp³-hybridized carbons (Fsp3) is 0.542. The number of carbonyl (C=O) groups excluding carboxylic acids is 3. The van der Waals surface area contributed by atoms with Crippen molar-refractivity contribution in [1.82, 2.24) is 14.5 Å². The van der Waals surface area contributed by atoms with Crippen LogP contribution in [0.2, 0.25) is 0 Å². The Morgan fingerprint density at radius 3 is 2.12 bits per heavy atom. The van der Waals surface area contributed by atoms with Gasteiger partial charge < -0.3 is 10.2 Å². The zero-order chi connectivity index (χ0) is 30.3. The number of benzene rings is 1. The van der Waals surface area contributed by atoms with Crippen molar-refractivity contribution in [3.8, 4) is 0 Å². The van der Waals surface area contributed by atoms with Crippen LogP contribution in [0.4, 0.5) is 10.5 Å². The first kappa shape index (κ1) is 32.3. The third-order valence-electron chi connectivity index (χ3n) is 6.85. The lowest BCUT2D eigenvalue weighted by Crippen LogP contribution is -2.68. The molecule has 1 aliphatic rings. The summed E-state index contributed by atoms with van der Waals surface area (Å²) in [5.74, 6) is -4.36. The number of nitrogens with zero attached hydrogens (tertiary/aromatic N) is 3. The van der Waals surface area contributed by atoms with Gasteiger partial charge in [-0.3, -0.25) is 29.4 Å². The maximum absolute atomic E-state index is 13.4. The normalized spacial score (nSPS) is 16.2. The highest BCUT2D eigenvalue weighted by atomic mass is 32.2. The zero-order valence-electron chi connectivity index (χ0n) is 22.1. The molecule has 1 unspecified atom stereocenters. The lowest BCUT2D eigenvalue weighted by atomic mass is 9.77. The molecule has 0 saturated carbocycles. The van der Waals surface area contributed by atoms with Gasteiger partial charge in [0.15, 0.2) is 0 Å². The number of urea groups is 1. The van der Waals surface area contributed by atoms with E-state index in [0.717, 1.165) is 29.2 Å². The number of hydrogen-bond acceptors (Lipinski definition) is 9. The van der Waals surface area contributed by atoms with E-state index in [-0.39, 0.29) is 68.6 Å². The van der Waals surface area contributed by atoms with Crippen LogP contribution in [0.25, 0.3) is 0 Å². The summed E-state index contributed by atoms with van der Waals surface area (Å²) < 4.78 is 27.2. The van der Waals surface area contributed by atoms with Crippen molar-refractivity contribution in [3.63, 3.8) is 0 Å². The van der Waals surface area contributed by atoms with Gasteiger partial charge in [-0.25, -0.2) is 27.6 Å². The Labute approximate surface area is 230 Å². The minimum Gasteiger partial charge on any atom is -0.481 e. The molecule has 0 aliphatic carbocycles. The van der Waals surface area contributed by atoms with E-state index in [0.29, 0.717) is 4.90 Å². The summed E-state index contributed by atoms with van der Waals surface area (Å²) in [6, 6.07) is 1.46. The van der Waals surface area contributed by atoms with Crippen molar-refractivity contribution in [1.29, 1.82) is 0 Å². The molecule has 0 bridgehead atoms. The second-order valence-corrected chi connectivity index (χ2v) is 11.0. The molecule has 4 amide bonds. The van der Waals surface area contributed by atoms with Crippen molar-refractivity contribution in [3.05, 3.63) is 34.4 Å². The number of nitrogens with one attached hydrogen (secondary N) is 1. The van der Waals surface area contributed by atoms with Crippen LogP contribution >= 0.6 is 0 Å². The van der Waals surface area contributed by atoms with Crippen LogP contribution < -0.4 is 4.72 Å². The van der Waals surface area contributed by atoms with E-state index in [1.807, 2.05) is 0 Å². The number of carbonyl (C=O) groups is 5. The van der Waals surface area contributed by atoms with Crippen LogP contribution in [0.1, 0.15) is 58.8 Å². The van der Waals surface area contributed by atoms with Crippen LogP contribution in [0, 0.1) is 15.5 Å². The number of aliphatic carboxylic acids is 2. The quantitative estimate of drug-likeness (QED) is 0.110. The van der Waals surface area contributed by atoms with Crippen LogP contribution in [-0.2, 0) is 29.2 Å². The number of sulfonamides is 1. The fourth-order valence-corrected chi connectivity index (χ4v) is 5.54. The third-order valence-corrected chi connectivity index (χ3v) is 8.33. The maximum atomic E-state index is 13.4. The van der Waals surface area contributed by atoms with Crippen LogP contribution in [0.15, 0.2) is 29.2 Å². The minimum absolute atomic E-state index is 0.00284. The molecular formula is C24H32N4O11S. The van der Waals surface area contributed by atoms with E-state index < -0.39 is 56.2 Å². The largest absolute Gasteiger partial charge is 0.481 e. The van der Waals surface area contributed by atoms with Crippen molar-refractivity contribution >= 4 is 45.5 Å². The summed E-state index contributed by atoms with van der Waals surface area (Å²) >= 11 is 0. The standard InChI is InChI=1S/C24H32N4O11S/c1-3-24(4-2)21(33)26(15-7-9-19(29)30)23(35)27(22(24)34)18(20(31)32)8-5-6-14-25-40(38,39)17-12-10-16(11-13-17)28(36)37/h10-13,18,25H,3-9,14-15H2,1-2H3,(H,29,30)(H,31,32). The average molecular weight is 585 g/mol. The highest BCUT2D eigenvalue weighted by Gasteiger charge is 2.57. The predicted molar refractivity (Wildman–Crippen MR) is 137 cm³/mol. The number of nitro benzene ring substituents is 1. The van der Waals surface area contributed by atoms with E-state index in [1.54, 1.807) is 13.8 Å². The zero-order valence-corrected chi connectivity index (χ0v) is 22.9. The number of carboxylic acids is 2. The van der Waals surface area contributed by atoms with Crippen LogP contribution in [0.3, 0.4) is 0 Å². The van der Waals surface area contributed by atoms with Gasteiger partial charge in [-0.15, -0.1) is 0 Å². The lowest BCUT2D eigenvalue weighted by Gasteiger charge is -2.45. The number of hydrogen-bond donors (Lipinski definition) is 3. The maximum Gasteiger partial charge on any atom is 0.334 e.